The fourth-order valence-electron chi connectivity index (χ4n) is 1.85. The van der Waals surface area contributed by atoms with E-state index in [9.17, 15) is 9.59 Å². The summed E-state index contributed by atoms with van der Waals surface area (Å²) < 4.78 is 4.79. The zero-order valence-electron chi connectivity index (χ0n) is 12.2. The van der Waals surface area contributed by atoms with E-state index in [-0.39, 0.29) is 17.2 Å². The molecule has 1 aliphatic carbocycles. The van der Waals surface area contributed by atoms with Gasteiger partial charge in [-0.2, -0.15) is 0 Å². The van der Waals surface area contributed by atoms with Crippen LogP contribution in [-0.4, -0.2) is 18.9 Å². The van der Waals surface area contributed by atoms with Crippen LogP contribution in [0.5, 0.6) is 0 Å². The fourth-order valence-corrected chi connectivity index (χ4v) is 1.85. The van der Waals surface area contributed by atoms with Gasteiger partial charge < -0.3 is 4.74 Å². The number of ketones is 1. The first-order chi connectivity index (χ1) is 8.85. The number of hydrogen-bond acceptors (Lipinski definition) is 3. The molecule has 1 rings (SSSR count). The zero-order chi connectivity index (χ0) is 14.5. The van der Waals surface area contributed by atoms with Gasteiger partial charge in [0.15, 0.2) is 5.78 Å². The molecule has 0 atom stereocenters. The van der Waals surface area contributed by atoms with Crippen molar-refractivity contribution in [2.45, 2.75) is 40.0 Å². The third kappa shape index (κ3) is 4.86. The van der Waals surface area contributed by atoms with E-state index in [4.69, 9.17) is 4.74 Å². The van der Waals surface area contributed by atoms with Crippen LogP contribution in [-0.2, 0) is 14.3 Å². The Balaban J connectivity index is 3.05. The number of rotatable bonds is 1. The summed E-state index contributed by atoms with van der Waals surface area (Å²) in [5.41, 5.74) is 1.25. The average molecular weight is 262 g/mol. The van der Waals surface area contributed by atoms with Crippen molar-refractivity contribution in [3.05, 3.63) is 35.5 Å². The molecule has 104 valence electrons. The molecule has 1 aliphatic rings. The van der Waals surface area contributed by atoms with E-state index in [1.54, 1.807) is 13.0 Å². The van der Waals surface area contributed by atoms with Gasteiger partial charge in [0.05, 0.1) is 7.11 Å². The summed E-state index contributed by atoms with van der Waals surface area (Å²) in [4.78, 5) is 23.5. The fraction of sp³-hybridized carbons (Fsp3) is 0.500. The van der Waals surface area contributed by atoms with Gasteiger partial charge in [0, 0.05) is 5.57 Å². The number of carbonyl (C=O) groups excluding carboxylic acids is 2. The molecule has 0 amide bonds. The molecule has 0 radical (unpaired) electrons. The summed E-state index contributed by atoms with van der Waals surface area (Å²) in [5, 5.41) is 0. The van der Waals surface area contributed by atoms with E-state index in [1.807, 2.05) is 32.1 Å². The predicted octanol–water partition coefficient (Wildman–Crippen LogP) is 3.37. The normalized spacial score (nSPS) is 27.3. The molecule has 0 bridgehead atoms. The maximum atomic E-state index is 11.8. The van der Waals surface area contributed by atoms with Gasteiger partial charge in [0.2, 0.25) is 0 Å². The SMILES string of the molecule is COC(=O)/C1=C\CC(C)(C)/C=C/C(=O)/C(C)=C\CC1. The van der Waals surface area contributed by atoms with Crippen LogP contribution in [0.1, 0.15) is 40.0 Å². The minimum Gasteiger partial charge on any atom is -0.466 e. The molecule has 0 aromatic heterocycles. The number of methoxy groups -OCH3 is 1. The van der Waals surface area contributed by atoms with Crippen molar-refractivity contribution in [3.8, 4) is 0 Å². The van der Waals surface area contributed by atoms with Crippen LogP contribution in [0.4, 0.5) is 0 Å². The Hall–Kier alpha value is -1.64. The highest BCUT2D eigenvalue weighted by atomic mass is 16.5. The molecule has 0 aromatic rings. The molecule has 0 saturated carbocycles. The Labute approximate surface area is 115 Å². The second-order valence-corrected chi connectivity index (χ2v) is 5.54. The highest BCUT2D eigenvalue weighted by molar-refractivity contribution is 6.03. The molecule has 0 N–H and O–H groups in total. The van der Waals surface area contributed by atoms with E-state index < -0.39 is 0 Å². The lowest BCUT2D eigenvalue weighted by Gasteiger charge is -2.18. The summed E-state index contributed by atoms with van der Waals surface area (Å²) in [5.74, 6) is -0.244. The Kier molecular flexibility index (Phi) is 5.28. The van der Waals surface area contributed by atoms with Crippen LogP contribution in [0.15, 0.2) is 35.5 Å². The lowest BCUT2D eigenvalue weighted by Crippen LogP contribution is -2.09. The molecule has 0 aromatic carbocycles. The zero-order valence-corrected chi connectivity index (χ0v) is 12.2. The molecule has 0 heterocycles. The molecule has 0 fully saturated rings. The average Bonchev–Trinajstić information content (AvgIpc) is 2.39. The van der Waals surface area contributed by atoms with Gasteiger partial charge in [-0.05, 0) is 43.3 Å². The van der Waals surface area contributed by atoms with E-state index in [0.717, 1.165) is 5.57 Å². The maximum Gasteiger partial charge on any atom is 0.333 e. The molecule has 0 aliphatic heterocycles. The van der Waals surface area contributed by atoms with Crippen molar-refractivity contribution in [2.75, 3.05) is 7.11 Å². The topological polar surface area (TPSA) is 43.4 Å². The van der Waals surface area contributed by atoms with Crippen LogP contribution < -0.4 is 0 Å². The van der Waals surface area contributed by atoms with E-state index in [0.29, 0.717) is 24.8 Å². The molecule has 3 heteroatoms. The first-order valence-electron chi connectivity index (χ1n) is 6.53. The van der Waals surface area contributed by atoms with Gasteiger partial charge >= 0.3 is 5.97 Å². The molecule has 3 nitrogen and oxygen atoms in total. The van der Waals surface area contributed by atoms with Crippen molar-refractivity contribution in [1.29, 1.82) is 0 Å². The van der Waals surface area contributed by atoms with Crippen LogP contribution in [0.25, 0.3) is 0 Å². The third-order valence-corrected chi connectivity index (χ3v) is 3.26. The summed E-state index contributed by atoms with van der Waals surface area (Å²) in [6.45, 7) is 5.89. The van der Waals surface area contributed by atoms with Gasteiger partial charge in [-0.3, -0.25) is 4.79 Å². The Morgan fingerprint density at radius 2 is 2.00 bits per heavy atom. The predicted molar refractivity (Wildman–Crippen MR) is 75.6 cm³/mol. The molecular weight excluding hydrogens is 240 g/mol. The summed E-state index contributed by atoms with van der Waals surface area (Å²) in [7, 11) is 1.39. The largest absolute Gasteiger partial charge is 0.466 e. The summed E-state index contributed by atoms with van der Waals surface area (Å²) in [6, 6.07) is 0. The Bertz CT molecular complexity index is 451. The number of esters is 1. The highest BCUT2D eigenvalue weighted by Crippen LogP contribution is 2.25. The highest BCUT2D eigenvalue weighted by Gasteiger charge is 2.17. The first kappa shape index (κ1) is 15.4. The van der Waals surface area contributed by atoms with E-state index >= 15 is 0 Å². The van der Waals surface area contributed by atoms with E-state index in [1.165, 1.54) is 7.11 Å². The van der Waals surface area contributed by atoms with Gasteiger partial charge in [-0.25, -0.2) is 4.79 Å². The standard InChI is InChI=1S/C16H22O3/c1-12-6-5-7-13(15(18)19-4)8-10-16(2,3)11-9-14(12)17/h6,8-9,11H,5,7,10H2,1-4H3/b11-9+,12-6-,13-8-. The van der Waals surface area contributed by atoms with Crippen molar-refractivity contribution in [1.82, 2.24) is 0 Å². The van der Waals surface area contributed by atoms with Crippen molar-refractivity contribution >= 4 is 11.8 Å². The number of hydrogen-bond donors (Lipinski definition) is 0. The maximum absolute atomic E-state index is 11.8. The number of ether oxygens (including phenoxy) is 1. The quantitative estimate of drug-likeness (QED) is 0.680. The van der Waals surface area contributed by atoms with Gasteiger partial charge in [0.25, 0.3) is 0 Å². The van der Waals surface area contributed by atoms with Crippen LogP contribution in [0.2, 0.25) is 0 Å². The Morgan fingerprint density at radius 3 is 2.63 bits per heavy atom. The second-order valence-electron chi connectivity index (χ2n) is 5.54. The van der Waals surface area contributed by atoms with Crippen molar-refractivity contribution in [2.24, 2.45) is 5.41 Å². The lowest BCUT2D eigenvalue weighted by atomic mass is 9.87. The van der Waals surface area contributed by atoms with Crippen LogP contribution >= 0.6 is 0 Å². The molecular formula is C16H22O3. The molecule has 0 spiro atoms. The third-order valence-electron chi connectivity index (χ3n) is 3.26. The summed E-state index contributed by atoms with van der Waals surface area (Å²) in [6.07, 6.45) is 9.32. The lowest BCUT2D eigenvalue weighted by molar-refractivity contribution is -0.136. The minimum atomic E-state index is -0.281. The second kappa shape index (κ2) is 6.50. The van der Waals surface area contributed by atoms with Crippen molar-refractivity contribution in [3.63, 3.8) is 0 Å². The van der Waals surface area contributed by atoms with Crippen LogP contribution in [0.3, 0.4) is 0 Å². The minimum absolute atomic E-state index is 0.0367. The molecule has 0 saturated heterocycles. The summed E-state index contributed by atoms with van der Waals surface area (Å²) >= 11 is 0. The van der Waals surface area contributed by atoms with Gasteiger partial charge in [-0.1, -0.05) is 32.1 Å². The van der Waals surface area contributed by atoms with Crippen molar-refractivity contribution < 1.29 is 14.3 Å². The number of allylic oxidation sites excluding steroid dienone is 5. The first-order valence-corrected chi connectivity index (χ1v) is 6.53. The van der Waals surface area contributed by atoms with Gasteiger partial charge in [0.1, 0.15) is 0 Å². The smallest absolute Gasteiger partial charge is 0.333 e. The van der Waals surface area contributed by atoms with E-state index in [2.05, 4.69) is 0 Å². The monoisotopic (exact) mass is 262 g/mol. The van der Waals surface area contributed by atoms with Crippen LogP contribution in [0, 0.1) is 5.41 Å². The van der Waals surface area contributed by atoms with Gasteiger partial charge in [-0.15, -0.1) is 0 Å². The Morgan fingerprint density at radius 1 is 1.32 bits per heavy atom. The molecule has 0 unspecified atom stereocenters. The number of carbonyl (C=O) groups is 2. The molecule has 19 heavy (non-hydrogen) atoms.